The van der Waals surface area contributed by atoms with Gasteiger partial charge in [0.15, 0.2) is 0 Å². The predicted octanol–water partition coefficient (Wildman–Crippen LogP) is 2.09. The summed E-state index contributed by atoms with van der Waals surface area (Å²) in [5, 5.41) is 0. The molecule has 3 atom stereocenters. The van der Waals surface area contributed by atoms with Gasteiger partial charge in [-0.3, -0.25) is 0 Å². The van der Waals surface area contributed by atoms with Crippen LogP contribution in [-0.4, -0.2) is 31.1 Å². The van der Waals surface area contributed by atoms with Crippen molar-refractivity contribution in [1.29, 1.82) is 0 Å². The Balaban J connectivity index is 2.50. The molecule has 0 aromatic rings. The van der Waals surface area contributed by atoms with Crippen LogP contribution >= 0.6 is 0 Å². The third-order valence-corrected chi connectivity index (χ3v) is 3.83. The van der Waals surface area contributed by atoms with Crippen LogP contribution in [-0.2, 0) is 0 Å². The lowest BCUT2D eigenvalue weighted by atomic mass is 9.78. The van der Waals surface area contributed by atoms with E-state index in [1.54, 1.807) is 0 Å². The summed E-state index contributed by atoms with van der Waals surface area (Å²) in [6.45, 7) is 6.54. The summed E-state index contributed by atoms with van der Waals surface area (Å²) in [6.07, 6.45) is 5.59. The maximum Gasteiger partial charge on any atom is 0.0243 e. The highest BCUT2D eigenvalue weighted by molar-refractivity contribution is 4.82. The molecule has 0 saturated heterocycles. The lowest BCUT2D eigenvalue weighted by molar-refractivity contribution is 0.135. The Hall–Kier alpha value is -0.0800. The Morgan fingerprint density at radius 2 is 2.14 bits per heavy atom. The summed E-state index contributed by atoms with van der Waals surface area (Å²) in [7, 11) is 2.21. The van der Waals surface area contributed by atoms with Crippen LogP contribution in [0.5, 0.6) is 0 Å². The van der Waals surface area contributed by atoms with Crippen molar-refractivity contribution in [2.75, 3.05) is 20.1 Å². The fourth-order valence-electron chi connectivity index (χ4n) is 2.80. The van der Waals surface area contributed by atoms with Crippen molar-refractivity contribution in [1.82, 2.24) is 4.90 Å². The molecule has 2 nitrogen and oxygen atoms in total. The normalized spacial score (nSPS) is 30.6. The molecule has 0 aromatic heterocycles. The Labute approximate surface area is 88.8 Å². The molecule has 1 rings (SSSR count). The molecule has 2 heteroatoms. The fourth-order valence-corrected chi connectivity index (χ4v) is 2.80. The van der Waals surface area contributed by atoms with Gasteiger partial charge in [-0.15, -0.1) is 0 Å². The third-order valence-electron chi connectivity index (χ3n) is 3.83. The molecular formula is C12H26N2. The minimum atomic E-state index is 0.614. The molecule has 0 amide bonds. The Bertz CT molecular complexity index is 158. The summed E-state index contributed by atoms with van der Waals surface area (Å²) in [4.78, 5) is 2.42. The van der Waals surface area contributed by atoms with Crippen LogP contribution < -0.4 is 5.73 Å². The van der Waals surface area contributed by atoms with Crippen LogP contribution in [0.15, 0.2) is 0 Å². The Morgan fingerprint density at radius 3 is 2.64 bits per heavy atom. The SMILES string of the molecule is CCN(C)C(CN)C1CCCC(C)C1. The summed E-state index contributed by atoms with van der Waals surface area (Å²) in [5.74, 6) is 1.75. The lowest BCUT2D eigenvalue weighted by Crippen LogP contribution is -2.44. The smallest absolute Gasteiger partial charge is 0.0243 e. The van der Waals surface area contributed by atoms with Crippen molar-refractivity contribution in [3.8, 4) is 0 Å². The Morgan fingerprint density at radius 1 is 1.43 bits per heavy atom. The van der Waals surface area contributed by atoms with Gasteiger partial charge in [0.1, 0.15) is 0 Å². The second-order valence-corrected chi connectivity index (χ2v) is 4.91. The van der Waals surface area contributed by atoms with E-state index in [1.807, 2.05) is 0 Å². The van der Waals surface area contributed by atoms with Crippen molar-refractivity contribution < 1.29 is 0 Å². The van der Waals surface area contributed by atoms with Gasteiger partial charge in [0.05, 0.1) is 0 Å². The molecule has 2 N–H and O–H groups in total. The summed E-state index contributed by atoms with van der Waals surface area (Å²) in [6, 6.07) is 0.614. The highest BCUT2D eigenvalue weighted by atomic mass is 15.1. The highest BCUT2D eigenvalue weighted by Crippen LogP contribution is 2.31. The molecule has 0 spiro atoms. The average molecular weight is 198 g/mol. The molecule has 1 aliphatic rings. The first-order chi connectivity index (χ1) is 6.69. The van der Waals surface area contributed by atoms with E-state index < -0.39 is 0 Å². The predicted molar refractivity (Wildman–Crippen MR) is 62.3 cm³/mol. The molecule has 0 bridgehead atoms. The van der Waals surface area contributed by atoms with Crippen LogP contribution in [0.3, 0.4) is 0 Å². The molecule has 14 heavy (non-hydrogen) atoms. The van der Waals surface area contributed by atoms with Crippen molar-refractivity contribution in [2.24, 2.45) is 17.6 Å². The van der Waals surface area contributed by atoms with Crippen LogP contribution in [0.4, 0.5) is 0 Å². The zero-order valence-corrected chi connectivity index (χ0v) is 10.00. The molecule has 0 aliphatic heterocycles. The van der Waals surface area contributed by atoms with E-state index in [-0.39, 0.29) is 0 Å². The molecule has 1 fully saturated rings. The van der Waals surface area contributed by atoms with Crippen LogP contribution in [0.25, 0.3) is 0 Å². The van der Waals surface area contributed by atoms with E-state index in [0.717, 1.165) is 24.9 Å². The standard InChI is InChI=1S/C12H26N2/c1-4-14(3)12(9-13)11-7-5-6-10(2)8-11/h10-12H,4-9,13H2,1-3H3. The van der Waals surface area contributed by atoms with Gasteiger partial charge in [0.25, 0.3) is 0 Å². The highest BCUT2D eigenvalue weighted by Gasteiger charge is 2.27. The van der Waals surface area contributed by atoms with Crippen molar-refractivity contribution in [3.63, 3.8) is 0 Å². The van der Waals surface area contributed by atoms with Gasteiger partial charge in [0, 0.05) is 12.6 Å². The minimum absolute atomic E-state index is 0.614. The second-order valence-electron chi connectivity index (χ2n) is 4.91. The number of nitrogens with two attached hydrogens (primary N) is 1. The molecule has 0 heterocycles. The number of hydrogen-bond acceptors (Lipinski definition) is 2. The fraction of sp³-hybridized carbons (Fsp3) is 1.00. The monoisotopic (exact) mass is 198 g/mol. The zero-order chi connectivity index (χ0) is 10.6. The van der Waals surface area contributed by atoms with E-state index in [0.29, 0.717) is 6.04 Å². The maximum absolute atomic E-state index is 5.88. The topological polar surface area (TPSA) is 29.3 Å². The molecule has 1 saturated carbocycles. The summed E-state index contributed by atoms with van der Waals surface area (Å²) >= 11 is 0. The number of rotatable bonds is 4. The van der Waals surface area contributed by atoms with Gasteiger partial charge in [-0.2, -0.15) is 0 Å². The van der Waals surface area contributed by atoms with E-state index in [2.05, 4.69) is 25.8 Å². The third kappa shape index (κ3) is 2.96. The molecule has 0 aromatic carbocycles. The zero-order valence-electron chi connectivity index (χ0n) is 10.00. The van der Waals surface area contributed by atoms with Gasteiger partial charge in [-0.25, -0.2) is 0 Å². The van der Waals surface area contributed by atoms with Crippen LogP contribution in [0, 0.1) is 11.8 Å². The van der Waals surface area contributed by atoms with Crippen molar-refractivity contribution in [3.05, 3.63) is 0 Å². The largest absolute Gasteiger partial charge is 0.329 e. The van der Waals surface area contributed by atoms with Crippen LogP contribution in [0.2, 0.25) is 0 Å². The average Bonchev–Trinajstić information content (AvgIpc) is 2.19. The van der Waals surface area contributed by atoms with Crippen molar-refractivity contribution >= 4 is 0 Å². The van der Waals surface area contributed by atoms with Gasteiger partial charge >= 0.3 is 0 Å². The first-order valence-electron chi connectivity index (χ1n) is 6.09. The summed E-state index contributed by atoms with van der Waals surface area (Å²) in [5.41, 5.74) is 5.88. The summed E-state index contributed by atoms with van der Waals surface area (Å²) < 4.78 is 0. The first-order valence-corrected chi connectivity index (χ1v) is 6.09. The maximum atomic E-state index is 5.88. The lowest BCUT2D eigenvalue weighted by Gasteiger charge is -2.37. The number of hydrogen-bond donors (Lipinski definition) is 1. The van der Waals surface area contributed by atoms with E-state index in [1.165, 1.54) is 25.7 Å². The molecule has 1 aliphatic carbocycles. The molecular weight excluding hydrogens is 172 g/mol. The van der Waals surface area contributed by atoms with Gasteiger partial charge < -0.3 is 10.6 Å². The Kier molecular flexibility index (Phi) is 4.90. The van der Waals surface area contributed by atoms with E-state index >= 15 is 0 Å². The molecule has 3 unspecified atom stereocenters. The molecule has 84 valence electrons. The van der Waals surface area contributed by atoms with Crippen LogP contribution in [0.1, 0.15) is 39.5 Å². The van der Waals surface area contributed by atoms with E-state index in [9.17, 15) is 0 Å². The van der Waals surface area contributed by atoms with Gasteiger partial charge in [-0.1, -0.05) is 26.7 Å². The first kappa shape index (κ1) is 12.0. The second kappa shape index (κ2) is 5.72. The van der Waals surface area contributed by atoms with E-state index in [4.69, 9.17) is 5.73 Å². The number of nitrogens with zero attached hydrogens (tertiary/aromatic N) is 1. The minimum Gasteiger partial charge on any atom is -0.329 e. The number of likely N-dealkylation sites (N-methyl/N-ethyl adjacent to an activating group) is 1. The van der Waals surface area contributed by atoms with Gasteiger partial charge in [0.2, 0.25) is 0 Å². The molecule has 0 radical (unpaired) electrons. The van der Waals surface area contributed by atoms with Gasteiger partial charge in [-0.05, 0) is 38.3 Å². The quantitative estimate of drug-likeness (QED) is 0.749. The van der Waals surface area contributed by atoms with Crippen molar-refractivity contribution in [2.45, 2.75) is 45.6 Å².